The molecule has 0 fully saturated rings. The summed E-state index contributed by atoms with van der Waals surface area (Å²) in [5.74, 6) is 0.647. The van der Waals surface area contributed by atoms with Gasteiger partial charge in [-0.3, -0.25) is 0 Å². The van der Waals surface area contributed by atoms with Crippen LogP contribution in [-0.4, -0.2) is 23.2 Å². The molecule has 3 rings (SSSR count). The second kappa shape index (κ2) is 6.62. The fraction of sp³-hybridized carbons (Fsp3) is 0.0625. The molecule has 0 unspecified atom stereocenters. The summed E-state index contributed by atoms with van der Waals surface area (Å²) in [6.07, 6.45) is 5.01. The van der Waals surface area contributed by atoms with Crippen molar-refractivity contribution in [1.82, 2.24) is 19.5 Å². The van der Waals surface area contributed by atoms with Gasteiger partial charge in [0.15, 0.2) is 5.82 Å². The smallest absolute Gasteiger partial charge is 0.237 e. The molecule has 0 aliphatic carbocycles. The Hall–Kier alpha value is -3.02. The van der Waals surface area contributed by atoms with E-state index in [1.165, 1.54) is 18.2 Å². The van der Waals surface area contributed by atoms with E-state index in [9.17, 15) is 8.42 Å². The topological polar surface area (TPSA) is 101 Å². The van der Waals surface area contributed by atoms with E-state index in [2.05, 4.69) is 14.8 Å². The maximum Gasteiger partial charge on any atom is 0.240 e. The van der Waals surface area contributed by atoms with Gasteiger partial charge in [-0.05, 0) is 35.9 Å². The van der Waals surface area contributed by atoms with Gasteiger partial charge >= 0.3 is 0 Å². The first-order valence-corrected chi connectivity index (χ1v) is 8.51. The Kier molecular flexibility index (Phi) is 4.37. The number of benzene rings is 1. The van der Waals surface area contributed by atoms with Crippen LogP contribution in [0, 0.1) is 11.3 Å². The number of nitrogens with zero attached hydrogens (tertiary/aromatic N) is 4. The Morgan fingerprint density at radius 1 is 1.21 bits per heavy atom. The van der Waals surface area contributed by atoms with E-state index >= 15 is 0 Å². The number of nitrogens with one attached hydrogen (secondary N) is 1. The van der Waals surface area contributed by atoms with Crippen LogP contribution in [0.3, 0.4) is 0 Å². The number of aromatic nitrogens is 3. The number of rotatable bonds is 5. The highest BCUT2D eigenvalue weighted by Crippen LogP contribution is 2.12. The zero-order chi connectivity index (χ0) is 17.0. The summed E-state index contributed by atoms with van der Waals surface area (Å²) >= 11 is 0. The van der Waals surface area contributed by atoms with Gasteiger partial charge in [-0.25, -0.2) is 22.8 Å². The van der Waals surface area contributed by atoms with Crippen LogP contribution < -0.4 is 4.72 Å². The van der Waals surface area contributed by atoms with Crippen LogP contribution in [0.2, 0.25) is 0 Å². The monoisotopic (exact) mass is 339 g/mol. The Balaban J connectivity index is 1.71. The van der Waals surface area contributed by atoms with Crippen LogP contribution in [0.5, 0.6) is 0 Å². The number of pyridine rings is 1. The van der Waals surface area contributed by atoms with Gasteiger partial charge in [0.25, 0.3) is 0 Å². The SMILES string of the molecule is N#Cc1cccc(S(=O)(=O)NCc2ccc(-n3cccn3)nc2)c1. The summed E-state index contributed by atoms with van der Waals surface area (Å²) in [6.45, 7) is 0.103. The zero-order valence-corrected chi connectivity index (χ0v) is 13.3. The molecule has 24 heavy (non-hydrogen) atoms. The third-order valence-corrected chi connectivity index (χ3v) is 4.69. The van der Waals surface area contributed by atoms with Gasteiger partial charge in [0.2, 0.25) is 10.0 Å². The molecule has 0 saturated carbocycles. The Bertz CT molecular complexity index is 974. The number of sulfonamides is 1. The predicted octanol–water partition coefficient (Wildman–Crippen LogP) is 1.62. The van der Waals surface area contributed by atoms with E-state index in [-0.39, 0.29) is 11.4 Å². The van der Waals surface area contributed by atoms with Crippen LogP contribution >= 0.6 is 0 Å². The van der Waals surface area contributed by atoms with Crippen molar-refractivity contribution in [3.05, 3.63) is 72.2 Å². The van der Waals surface area contributed by atoms with Gasteiger partial charge in [0.05, 0.1) is 16.5 Å². The molecule has 0 spiro atoms. The number of hydrogen-bond donors (Lipinski definition) is 1. The first-order valence-electron chi connectivity index (χ1n) is 7.03. The van der Waals surface area contributed by atoms with Crippen LogP contribution in [0.1, 0.15) is 11.1 Å². The van der Waals surface area contributed by atoms with Crippen LogP contribution in [0.4, 0.5) is 0 Å². The van der Waals surface area contributed by atoms with Crippen LogP contribution in [-0.2, 0) is 16.6 Å². The molecule has 0 atom stereocenters. The summed E-state index contributed by atoms with van der Waals surface area (Å²) in [5.41, 5.74) is 1.01. The van der Waals surface area contributed by atoms with Gasteiger partial charge < -0.3 is 0 Å². The fourth-order valence-electron chi connectivity index (χ4n) is 2.06. The zero-order valence-electron chi connectivity index (χ0n) is 12.5. The molecular weight excluding hydrogens is 326 g/mol. The van der Waals surface area contributed by atoms with Crippen molar-refractivity contribution in [2.45, 2.75) is 11.4 Å². The van der Waals surface area contributed by atoms with E-state index < -0.39 is 10.0 Å². The lowest BCUT2D eigenvalue weighted by Crippen LogP contribution is -2.23. The third-order valence-electron chi connectivity index (χ3n) is 3.29. The molecule has 2 heterocycles. The normalized spacial score (nSPS) is 11.1. The van der Waals surface area contributed by atoms with Gasteiger partial charge in [-0.1, -0.05) is 12.1 Å². The van der Waals surface area contributed by atoms with Gasteiger partial charge in [-0.15, -0.1) is 0 Å². The molecule has 0 saturated heterocycles. The summed E-state index contributed by atoms with van der Waals surface area (Å²) in [7, 11) is -3.69. The average Bonchev–Trinajstić information content (AvgIpc) is 3.15. The van der Waals surface area contributed by atoms with Crippen molar-refractivity contribution in [3.63, 3.8) is 0 Å². The lowest BCUT2D eigenvalue weighted by Gasteiger charge is -2.07. The summed E-state index contributed by atoms with van der Waals surface area (Å²) in [5, 5.41) is 12.9. The van der Waals surface area contributed by atoms with Crippen molar-refractivity contribution in [3.8, 4) is 11.9 Å². The van der Waals surface area contributed by atoms with Gasteiger partial charge in [-0.2, -0.15) is 10.4 Å². The van der Waals surface area contributed by atoms with Gasteiger partial charge in [0, 0.05) is 25.1 Å². The maximum atomic E-state index is 12.3. The molecule has 0 amide bonds. The first-order chi connectivity index (χ1) is 11.6. The number of hydrogen-bond acceptors (Lipinski definition) is 5. The highest BCUT2D eigenvalue weighted by Gasteiger charge is 2.14. The summed E-state index contributed by atoms with van der Waals surface area (Å²) in [4.78, 5) is 4.30. The van der Waals surface area contributed by atoms with Crippen molar-refractivity contribution < 1.29 is 8.42 Å². The second-order valence-corrected chi connectivity index (χ2v) is 6.71. The van der Waals surface area contributed by atoms with Crippen LogP contribution in [0.15, 0.2) is 66.0 Å². The van der Waals surface area contributed by atoms with Crippen molar-refractivity contribution in [2.24, 2.45) is 0 Å². The molecule has 8 heteroatoms. The minimum absolute atomic E-state index is 0.0580. The lowest BCUT2D eigenvalue weighted by molar-refractivity contribution is 0.581. The Morgan fingerprint density at radius 2 is 2.08 bits per heavy atom. The molecule has 1 aromatic carbocycles. The van der Waals surface area contributed by atoms with E-state index in [1.807, 2.05) is 6.07 Å². The van der Waals surface area contributed by atoms with Crippen LogP contribution in [0.25, 0.3) is 5.82 Å². The highest BCUT2D eigenvalue weighted by atomic mass is 32.2. The minimum atomic E-state index is -3.69. The van der Waals surface area contributed by atoms with Gasteiger partial charge in [0.1, 0.15) is 0 Å². The third kappa shape index (κ3) is 3.48. The van der Waals surface area contributed by atoms with Crippen molar-refractivity contribution >= 4 is 10.0 Å². The second-order valence-electron chi connectivity index (χ2n) is 4.94. The number of nitriles is 1. The molecular formula is C16H13N5O2S. The fourth-order valence-corrected chi connectivity index (χ4v) is 3.12. The standard InChI is InChI=1S/C16H13N5O2S/c17-10-13-3-1-4-15(9-13)24(22,23)20-12-14-5-6-16(18-11-14)21-8-2-7-19-21/h1-9,11,20H,12H2. The Morgan fingerprint density at radius 3 is 2.75 bits per heavy atom. The minimum Gasteiger partial charge on any atom is -0.237 e. The average molecular weight is 339 g/mol. The molecule has 7 nitrogen and oxygen atoms in total. The van der Waals surface area contributed by atoms with E-state index in [0.717, 1.165) is 0 Å². The molecule has 0 bridgehead atoms. The summed E-state index contributed by atoms with van der Waals surface area (Å²) < 4.78 is 28.7. The molecule has 2 aromatic heterocycles. The molecule has 3 aromatic rings. The van der Waals surface area contributed by atoms with Crippen molar-refractivity contribution in [1.29, 1.82) is 5.26 Å². The predicted molar refractivity (Wildman–Crippen MR) is 86.5 cm³/mol. The first kappa shape index (κ1) is 15.9. The quantitative estimate of drug-likeness (QED) is 0.761. The van der Waals surface area contributed by atoms with Crippen molar-refractivity contribution in [2.75, 3.05) is 0 Å². The summed E-state index contributed by atoms with van der Waals surface area (Å²) in [6, 6.07) is 13.1. The van der Waals surface area contributed by atoms with E-state index in [0.29, 0.717) is 16.9 Å². The maximum absolute atomic E-state index is 12.3. The molecule has 0 radical (unpaired) electrons. The van der Waals surface area contributed by atoms with E-state index in [4.69, 9.17) is 5.26 Å². The lowest BCUT2D eigenvalue weighted by atomic mass is 10.2. The molecule has 0 aliphatic heterocycles. The Labute approximate surface area is 139 Å². The molecule has 120 valence electrons. The van der Waals surface area contributed by atoms with E-state index in [1.54, 1.807) is 47.5 Å². The highest BCUT2D eigenvalue weighted by molar-refractivity contribution is 7.89. The largest absolute Gasteiger partial charge is 0.240 e. The molecule has 0 aliphatic rings. The molecule has 1 N–H and O–H groups in total.